The minimum absolute atomic E-state index is 0.903. The van der Waals surface area contributed by atoms with Crippen molar-refractivity contribution in [2.45, 2.75) is 187 Å². The molecule has 0 radical (unpaired) electrons. The molecule has 33 heavy (non-hydrogen) atoms. The van der Waals surface area contributed by atoms with Crippen LogP contribution in [0.1, 0.15) is 168 Å². The summed E-state index contributed by atoms with van der Waals surface area (Å²) in [7, 11) is -1.41. The third-order valence-corrected chi connectivity index (χ3v) is 10.0. The van der Waals surface area contributed by atoms with Crippen LogP contribution in [0.15, 0.2) is 0 Å². The SMILES string of the molecule is C#C[Si](C)(C)CC(CCCCCCCCCCCC)CCCCCCCCCCCCCC. The van der Waals surface area contributed by atoms with Crippen molar-refractivity contribution in [3.63, 3.8) is 0 Å². The average molecular weight is 477 g/mol. The van der Waals surface area contributed by atoms with E-state index in [1.165, 1.54) is 160 Å². The summed E-state index contributed by atoms with van der Waals surface area (Å²) in [5.41, 5.74) is 3.20. The first kappa shape index (κ1) is 32.8. The minimum atomic E-state index is -1.41. The maximum absolute atomic E-state index is 5.89. The van der Waals surface area contributed by atoms with Crippen LogP contribution in [-0.4, -0.2) is 8.07 Å². The van der Waals surface area contributed by atoms with Crippen molar-refractivity contribution in [3.8, 4) is 12.0 Å². The Balaban J connectivity index is 3.79. The smallest absolute Gasteiger partial charge is 0.132 e. The van der Waals surface area contributed by atoms with Crippen LogP contribution >= 0.6 is 0 Å². The normalized spacial score (nSPS) is 12.7. The number of hydrogen-bond donors (Lipinski definition) is 0. The van der Waals surface area contributed by atoms with E-state index in [0.717, 1.165) is 5.92 Å². The summed E-state index contributed by atoms with van der Waals surface area (Å²) in [6, 6.07) is 1.36. The molecule has 0 aromatic carbocycles. The molecule has 0 aliphatic rings. The number of terminal acetylenes is 1. The van der Waals surface area contributed by atoms with Crippen molar-refractivity contribution in [1.29, 1.82) is 0 Å². The Morgan fingerprint density at radius 2 is 0.758 bits per heavy atom. The van der Waals surface area contributed by atoms with Gasteiger partial charge in [-0.25, -0.2) is 0 Å². The molecule has 0 spiro atoms. The van der Waals surface area contributed by atoms with Crippen LogP contribution in [0.4, 0.5) is 0 Å². The summed E-state index contributed by atoms with van der Waals surface area (Å²) in [6.07, 6.45) is 40.6. The van der Waals surface area contributed by atoms with Crippen LogP contribution in [0, 0.1) is 17.9 Å². The van der Waals surface area contributed by atoms with Gasteiger partial charge < -0.3 is 0 Å². The van der Waals surface area contributed by atoms with Crippen LogP contribution in [0.3, 0.4) is 0 Å². The average Bonchev–Trinajstić information content (AvgIpc) is 2.80. The minimum Gasteiger partial charge on any atom is -0.135 e. The molecule has 0 fully saturated rings. The lowest BCUT2D eigenvalue weighted by Crippen LogP contribution is -2.26. The number of hydrogen-bond acceptors (Lipinski definition) is 0. The lowest BCUT2D eigenvalue weighted by molar-refractivity contribution is 0.426. The van der Waals surface area contributed by atoms with Crippen molar-refractivity contribution >= 4 is 8.07 Å². The van der Waals surface area contributed by atoms with Gasteiger partial charge in [0.15, 0.2) is 0 Å². The third kappa shape index (κ3) is 24.7. The van der Waals surface area contributed by atoms with Crippen LogP contribution in [0.2, 0.25) is 19.1 Å². The fraction of sp³-hybridized carbons (Fsp3) is 0.938. The fourth-order valence-corrected chi connectivity index (χ4v) is 7.29. The predicted octanol–water partition coefficient (Wildman–Crippen LogP) is 11.9. The highest BCUT2D eigenvalue weighted by Gasteiger charge is 2.23. The molecule has 0 N–H and O–H groups in total. The molecule has 0 saturated carbocycles. The van der Waals surface area contributed by atoms with Crippen LogP contribution in [-0.2, 0) is 0 Å². The first-order valence-electron chi connectivity index (χ1n) is 15.5. The van der Waals surface area contributed by atoms with Gasteiger partial charge in [0.05, 0.1) is 0 Å². The highest BCUT2D eigenvalue weighted by Crippen LogP contribution is 2.27. The van der Waals surface area contributed by atoms with E-state index in [0.29, 0.717) is 0 Å². The Morgan fingerprint density at radius 1 is 0.485 bits per heavy atom. The van der Waals surface area contributed by atoms with Gasteiger partial charge in [0.25, 0.3) is 0 Å². The second-order valence-electron chi connectivity index (χ2n) is 11.7. The highest BCUT2D eigenvalue weighted by molar-refractivity contribution is 6.85. The van der Waals surface area contributed by atoms with Gasteiger partial charge in [-0.05, 0) is 12.0 Å². The van der Waals surface area contributed by atoms with Gasteiger partial charge in [-0.3, -0.25) is 0 Å². The molecule has 0 aliphatic heterocycles. The van der Waals surface area contributed by atoms with Gasteiger partial charge >= 0.3 is 0 Å². The van der Waals surface area contributed by atoms with Crippen molar-refractivity contribution in [3.05, 3.63) is 0 Å². The summed E-state index contributed by atoms with van der Waals surface area (Å²) >= 11 is 0. The molecule has 196 valence electrons. The van der Waals surface area contributed by atoms with Gasteiger partial charge in [-0.2, -0.15) is 0 Å². The zero-order valence-corrected chi connectivity index (χ0v) is 24.8. The third-order valence-electron chi connectivity index (χ3n) is 7.62. The molecule has 0 saturated heterocycles. The zero-order chi connectivity index (χ0) is 24.5. The molecule has 0 heterocycles. The summed E-state index contributed by atoms with van der Waals surface area (Å²) in [5, 5.41) is 0. The van der Waals surface area contributed by atoms with Gasteiger partial charge in [-0.1, -0.05) is 181 Å². The molecule has 0 nitrogen and oxygen atoms in total. The first-order valence-corrected chi connectivity index (χ1v) is 18.7. The van der Waals surface area contributed by atoms with E-state index in [-0.39, 0.29) is 0 Å². The molecule has 1 atom stereocenters. The van der Waals surface area contributed by atoms with Gasteiger partial charge in [0, 0.05) is 0 Å². The Bertz CT molecular complexity index is 419. The Labute approximate surface area is 212 Å². The van der Waals surface area contributed by atoms with Crippen LogP contribution < -0.4 is 0 Å². The lowest BCUT2D eigenvalue weighted by atomic mass is 9.95. The molecule has 0 aromatic rings. The summed E-state index contributed by atoms with van der Waals surface area (Å²) in [4.78, 5) is 0. The van der Waals surface area contributed by atoms with Gasteiger partial charge in [0.2, 0.25) is 0 Å². The number of unbranched alkanes of at least 4 members (excludes halogenated alkanes) is 20. The van der Waals surface area contributed by atoms with Gasteiger partial charge in [0.1, 0.15) is 8.07 Å². The van der Waals surface area contributed by atoms with E-state index >= 15 is 0 Å². The van der Waals surface area contributed by atoms with E-state index in [9.17, 15) is 0 Å². The van der Waals surface area contributed by atoms with Crippen molar-refractivity contribution in [2.24, 2.45) is 5.92 Å². The second-order valence-corrected chi connectivity index (χ2v) is 16.2. The Kier molecular flexibility index (Phi) is 24.7. The Hall–Kier alpha value is -0.223. The van der Waals surface area contributed by atoms with Crippen LogP contribution in [0.5, 0.6) is 0 Å². The van der Waals surface area contributed by atoms with E-state index in [2.05, 4.69) is 32.5 Å². The molecular formula is C32H64Si. The summed E-state index contributed by atoms with van der Waals surface area (Å²) < 4.78 is 0. The van der Waals surface area contributed by atoms with Crippen LogP contribution in [0.25, 0.3) is 0 Å². The molecule has 0 rings (SSSR count). The topological polar surface area (TPSA) is 0 Å². The molecular weight excluding hydrogens is 412 g/mol. The van der Waals surface area contributed by atoms with Crippen molar-refractivity contribution in [1.82, 2.24) is 0 Å². The summed E-state index contributed by atoms with van der Waals surface area (Å²) in [5.74, 6) is 0.903. The van der Waals surface area contributed by atoms with Crippen molar-refractivity contribution < 1.29 is 0 Å². The zero-order valence-electron chi connectivity index (χ0n) is 23.8. The van der Waals surface area contributed by atoms with E-state index in [1.54, 1.807) is 0 Å². The van der Waals surface area contributed by atoms with Gasteiger partial charge in [-0.15, -0.1) is 12.0 Å². The quantitative estimate of drug-likeness (QED) is 0.0661. The first-order chi connectivity index (χ1) is 16.1. The monoisotopic (exact) mass is 476 g/mol. The predicted molar refractivity (Wildman–Crippen MR) is 157 cm³/mol. The highest BCUT2D eigenvalue weighted by atomic mass is 28.3. The van der Waals surface area contributed by atoms with E-state index in [1.807, 2.05) is 0 Å². The van der Waals surface area contributed by atoms with E-state index < -0.39 is 8.07 Å². The largest absolute Gasteiger partial charge is 0.135 e. The molecule has 1 unspecified atom stereocenters. The lowest BCUT2D eigenvalue weighted by Gasteiger charge is -2.24. The van der Waals surface area contributed by atoms with E-state index in [4.69, 9.17) is 6.42 Å². The molecule has 0 aliphatic carbocycles. The van der Waals surface area contributed by atoms with Crippen molar-refractivity contribution in [2.75, 3.05) is 0 Å². The Morgan fingerprint density at radius 3 is 1.03 bits per heavy atom. The number of rotatable bonds is 26. The fourth-order valence-electron chi connectivity index (χ4n) is 5.32. The standard InChI is InChI=1S/C32H64Si/c1-6-9-11-13-15-17-19-20-22-24-26-28-30-32(31-33(4,5)8-3)29-27-25-23-21-18-16-14-12-10-7-2/h3,32H,6-7,9-31H2,1-2,4-5H3. The molecule has 0 aromatic heterocycles. The second kappa shape index (κ2) is 24.9. The maximum Gasteiger partial charge on any atom is 0.132 e. The molecule has 1 heteroatoms. The molecule has 0 amide bonds. The summed E-state index contributed by atoms with van der Waals surface area (Å²) in [6.45, 7) is 9.41. The molecule has 0 bridgehead atoms. The maximum atomic E-state index is 5.89.